The molecule has 0 unspecified atom stereocenters. The van der Waals surface area contributed by atoms with Crippen molar-refractivity contribution in [2.75, 3.05) is 5.73 Å². The summed E-state index contributed by atoms with van der Waals surface area (Å²) < 4.78 is 0. The lowest BCUT2D eigenvalue weighted by molar-refractivity contribution is -0.385. The summed E-state index contributed by atoms with van der Waals surface area (Å²) in [5, 5.41) is 14.5. The van der Waals surface area contributed by atoms with E-state index in [1.54, 1.807) is 36.4 Å². The molecule has 2 aromatic rings. The van der Waals surface area contributed by atoms with Crippen LogP contribution in [-0.4, -0.2) is 17.0 Å². The number of benzene rings is 2. The van der Waals surface area contributed by atoms with Crippen LogP contribution in [0.1, 0.15) is 15.9 Å². The molecule has 2 rings (SSSR count). The van der Waals surface area contributed by atoms with Crippen LogP contribution in [0.3, 0.4) is 0 Å². The molecule has 0 aliphatic rings. The Morgan fingerprint density at radius 1 is 1.19 bits per heavy atom. The summed E-state index contributed by atoms with van der Waals surface area (Å²) in [4.78, 5) is 22.1. The van der Waals surface area contributed by atoms with Crippen LogP contribution in [0.25, 0.3) is 0 Å². The van der Waals surface area contributed by atoms with Gasteiger partial charge in [-0.15, -0.1) is 0 Å². The number of nitrogens with zero attached hydrogens (tertiary/aromatic N) is 2. The summed E-state index contributed by atoms with van der Waals surface area (Å²) in [6.45, 7) is 0. The van der Waals surface area contributed by atoms with Crippen LogP contribution < -0.4 is 11.2 Å². The fourth-order valence-corrected chi connectivity index (χ4v) is 1.62. The highest BCUT2D eigenvalue weighted by atomic mass is 16.6. The number of para-hydroxylation sites is 1. The Kier molecular flexibility index (Phi) is 4.25. The van der Waals surface area contributed by atoms with E-state index in [0.717, 1.165) is 0 Å². The molecule has 0 aliphatic carbocycles. The highest BCUT2D eigenvalue weighted by molar-refractivity contribution is 5.95. The molecule has 3 N–H and O–H groups in total. The number of nitrogens with two attached hydrogens (primary N) is 1. The summed E-state index contributed by atoms with van der Waals surface area (Å²) in [7, 11) is 0. The van der Waals surface area contributed by atoms with Gasteiger partial charge in [0, 0.05) is 17.3 Å². The predicted octanol–water partition coefficient (Wildman–Crippen LogP) is 1.94. The quantitative estimate of drug-likeness (QED) is 0.387. The van der Waals surface area contributed by atoms with Gasteiger partial charge >= 0.3 is 0 Å². The van der Waals surface area contributed by atoms with Crippen LogP contribution in [0.2, 0.25) is 0 Å². The van der Waals surface area contributed by atoms with Gasteiger partial charge in [0.05, 0.1) is 16.7 Å². The fraction of sp³-hybridized carbons (Fsp3) is 0. The minimum Gasteiger partial charge on any atom is -0.399 e. The number of nitro groups is 1. The van der Waals surface area contributed by atoms with Gasteiger partial charge in [-0.25, -0.2) is 5.43 Å². The first-order valence-corrected chi connectivity index (χ1v) is 6.00. The average molecular weight is 284 g/mol. The first-order valence-electron chi connectivity index (χ1n) is 6.00. The number of hydrazone groups is 1. The molecule has 7 heteroatoms. The number of nitro benzene ring substituents is 1. The molecule has 0 saturated carbocycles. The van der Waals surface area contributed by atoms with E-state index in [2.05, 4.69) is 10.5 Å². The fourth-order valence-electron chi connectivity index (χ4n) is 1.62. The van der Waals surface area contributed by atoms with Gasteiger partial charge in [-0.05, 0) is 30.3 Å². The summed E-state index contributed by atoms with van der Waals surface area (Å²) in [6.07, 6.45) is 1.23. The van der Waals surface area contributed by atoms with E-state index in [1.165, 1.54) is 18.3 Å². The van der Waals surface area contributed by atoms with Crippen LogP contribution in [0.5, 0.6) is 0 Å². The minimum absolute atomic E-state index is 0.0806. The molecule has 0 atom stereocenters. The Labute approximate surface area is 120 Å². The molecule has 0 heterocycles. The van der Waals surface area contributed by atoms with Crippen molar-refractivity contribution in [2.45, 2.75) is 0 Å². The molecule has 106 valence electrons. The van der Waals surface area contributed by atoms with Gasteiger partial charge in [-0.3, -0.25) is 14.9 Å². The normalized spacial score (nSPS) is 10.5. The number of nitrogens with one attached hydrogen (secondary N) is 1. The maximum Gasteiger partial charge on any atom is 0.278 e. The molecular weight excluding hydrogens is 272 g/mol. The molecule has 0 saturated heterocycles. The third kappa shape index (κ3) is 3.63. The number of rotatable bonds is 4. The van der Waals surface area contributed by atoms with Crippen molar-refractivity contribution in [1.82, 2.24) is 5.43 Å². The molecule has 0 bridgehead atoms. The largest absolute Gasteiger partial charge is 0.399 e. The van der Waals surface area contributed by atoms with E-state index < -0.39 is 10.8 Å². The molecule has 0 fully saturated rings. The SMILES string of the molecule is Nc1ccc(C(=O)N/N=C/c2ccccc2[N+](=O)[O-])cc1. The summed E-state index contributed by atoms with van der Waals surface area (Å²) in [6, 6.07) is 12.4. The Morgan fingerprint density at radius 3 is 2.52 bits per heavy atom. The highest BCUT2D eigenvalue weighted by Crippen LogP contribution is 2.15. The second kappa shape index (κ2) is 6.29. The topological polar surface area (TPSA) is 111 Å². The number of hydrogen-bond donors (Lipinski definition) is 2. The first-order chi connectivity index (χ1) is 10.1. The van der Waals surface area contributed by atoms with Crippen molar-refractivity contribution >= 4 is 23.5 Å². The Morgan fingerprint density at radius 2 is 1.86 bits per heavy atom. The standard InChI is InChI=1S/C14H12N4O3/c15-12-7-5-10(6-8-12)14(19)17-16-9-11-3-1-2-4-13(11)18(20)21/h1-9H,15H2,(H,17,19)/b16-9+. The lowest BCUT2D eigenvalue weighted by Gasteiger charge is -2.00. The van der Waals surface area contributed by atoms with E-state index in [4.69, 9.17) is 5.73 Å². The van der Waals surface area contributed by atoms with Crippen molar-refractivity contribution in [3.63, 3.8) is 0 Å². The summed E-state index contributed by atoms with van der Waals surface area (Å²) in [5.74, 6) is -0.426. The lowest BCUT2D eigenvalue weighted by Crippen LogP contribution is -2.17. The van der Waals surface area contributed by atoms with Crippen molar-refractivity contribution < 1.29 is 9.72 Å². The van der Waals surface area contributed by atoms with Crippen LogP contribution >= 0.6 is 0 Å². The van der Waals surface area contributed by atoms with Crippen LogP contribution in [-0.2, 0) is 0 Å². The monoisotopic (exact) mass is 284 g/mol. The second-order valence-corrected chi connectivity index (χ2v) is 4.14. The van der Waals surface area contributed by atoms with E-state index >= 15 is 0 Å². The zero-order valence-corrected chi connectivity index (χ0v) is 10.9. The number of amides is 1. The second-order valence-electron chi connectivity index (χ2n) is 4.14. The van der Waals surface area contributed by atoms with Gasteiger partial charge in [0.2, 0.25) is 0 Å². The van der Waals surface area contributed by atoms with Crippen LogP contribution in [0.15, 0.2) is 53.6 Å². The number of nitrogen functional groups attached to an aromatic ring is 1. The van der Waals surface area contributed by atoms with Crippen molar-refractivity contribution in [3.8, 4) is 0 Å². The van der Waals surface area contributed by atoms with Gasteiger partial charge in [0.15, 0.2) is 0 Å². The molecule has 1 amide bonds. The first kappa shape index (κ1) is 14.2. The van der Waals surface area contributed by atoms with Crippen LogP contribution in [0.4, 0.5) is 11.4 Å². The van der Waals surface area contributed by atoms with Crippen molar-refractivity contribution in [3.05, 3.63) is 69.8 Å². The average Bonchev–Trinajstić information content (AvgIpc) is 2.48. The van der Waals surface area contributed by atoms with Gasteiger partial charge in [0.25, 0.3) is 11.6 Å². The third-order valence-electron chi connectivity index (χ3n) is 2.68. The van der Waals surface area contributed by atoms with E-state index in [9.17, 15) is 14.9 Å². The van der Waals surface area contributed by atoms with Gasteiger partial charge in [-0.2, -0.15) is 5.10 Å². The zero-order valence-electron chi connectivity index (χ0n) is 10.9. The molecular formula is C14H12N4O3. The van der Waals surface area contributed by atoms with Gasteiger partial charge in [-0.1, -0.05) is 12.1 Å². The number of carbonyl (C=O) groups is 1. The van der Waals surface area contributed by atoms with E-state index in [-0.39, 0.29) is 5.69 Å². The lowest BCUT2D eigenvalue weighted by atomic mass is 10.2. The molecule has 0 aromatic heterocycles. The molecule has 2 aromatic carbocycles. The molecule has 0 aliphatic heterocycles. The van der Waals surface area contributed by atoms with Crippen molar-refractivity contribution in [1.29, 1.82) is 0 Å². The smallest absolute Gasteiger partial charge is 0.278 e. The molecule has 0 radical (unpaired) electrons. The maximum absolute atomic E-state index is 11.8. The number of anilines is 1. The van der Waals surface area contributed by atoms with E-state index in [1.807, 2.05) is 0 Å². The highest BCUT2D eigenvalue weighted by Gasteiger charge is 2.10. The molecule has 0 spiro atoms. The summed E-state index contributed by atoms with van der Waals surface area (Å²) >= 11 is 0. The van der Waals surface area contributed by atoms with Gasteiger partial charge in [0.1, 0.15) is 0 Å². The summed E-state index contributed by atoms with van der Waals surface area (Å²) in [5.41, 5.74) is 8.99. The Bertz CT molecular complexity index is 696. The third-order valence-corrected chi connectivity index (χ3v) is 2.68. The Balaban J connectivity index is 2.07. The molecule has 7 nitrogen and oxygen atoms in total. The van der Waals surface area contributed by atoms with E-state index in [0.29, 0.717) is 16.8 Å². The van der Waals surface area contributed by atoms with Crippen LogP contribution in [0, 0.1) is 10.1 Å². The molecule has 21 heavy (non-hydrogen) atoms. The minimum atomic E-state index is -0.511. The predicted molar refractivity (Wildman–Crippen MR) is 79.0 cm³/mol. The zero-order chi connectivity index (χ0) is 15.2. The number of carbonyl (C=O) groups excluding carboxylic acids is 1. The Hall–Kier alpha value is -3.22. The maximum atomic E-state index is 11.8. The van der Waals surface area contributed by atoms with Gasteiger partial charge < -0.3 is 5.73 Å². The van der Waals surface area contributed by atoms with Crippen molar-refractivity contribution in [2.24, 2.45) is 5.10 Å². The number of hydrogen-bond acceptors (Lipinski definition) is 5.